The van der Waals surface area contributed by atoms with E-state index >= 15 is 0 Å². The molecule has 0 bridgehead atoms. The van der Waals surface area contributed by atoms with Crippen molar-refractivity contribution in [1.82, 2.24) is 0 Å². The molecule has 0 rings (SSSR count). The summed E-state index contributed by atoms with van der Waals surface area (Å²) < 4.78 is 35.5. The first-order valence-electron chi connectivity index (χ1n) is 4.79. The number of carbonyl (C=O) groups excluding carboxylic acids is 1. The zero-order chi connectivity index (χ0) is 11.9. The maximum absolute atomic E-state index is 13.2. The number of hydrogen-bond acceptors (Lipinski definition) is 3. The van der Waals surface area contributed by atoms with Crippen LogP contribution in [0.3, 0.4) is 0 Å². The fourth-order valence-electron chi connectivity index (χ4n) is 0.911. The van der Waals surface area contributed by atoms with Gasteiger partial charge in [0.2, 0.25) is 0 Å². The largest absolute Gasteiger partial charge is 0.492 e. The highest BCUT2D eigenvalue weighted by molar-refractivity contribution is 5.69. The Balaban J connectivity index is 4.03. The highest BCUT2D eigenvalue weighted by Gasteiger charge is 2.35. The van der Waals surface area contributed by atoms with E-state index in [1.807, 2.05) is 0 Å². The highest BCUT2D eigenvalue weighted by Crippen LogP contribution is 2.28. The molecule has 0 fully saturated rings. The lowest BCUT2D eigenvalue weighted by Gasteiger charge is -2.18. The van der Waals surface area contributed by atoms with Crippen molar-refractivity contribution >= 4 is 5.97 Å². The molecular formula is C10H16F2O3. The minimum absolute atomic E-state index is 0.133. The molecule has 0 atom stereocenters. The van der Waals surface area contributed by atoms with Gasteiger partial charge in [0.25, 0.3) is 0 Å². The lowest BCUT2D eigenvalue weighted by molar-refractivity contribution is -0.145. The zero-order valence-electron chi connectivity index (χ0n) is 9.02. The summed E-state index contributed by atoms with van der Waals surface area (Å²) >= 11 is 0. The van der Waals surface area contributed by atoms with Gasteiger partial charge in [-0.15, -0.1) is 0 Å². The summed E-state index contributed by atoms with van der Waals surface area (Å²) in [5.74, 6) is -4.42. The van der Waals surface area contributed by atoms with Gasteiger partial charge in [-0.3, -0.25) is 4.79 Å². The number of alkyl halides is 2. The Labute approximate surface area is 88.1 Å². The number of ether oxygens (including phenoxy) is 2. The second-order valence-electron chi connectivity index (χ2n) is 2.87. The van der Waals surface area contributed by atoms with Crippen LogP contribution < -0.4 is 0 Å². The van der Waals surface area contributed by atoms with Gasteiger partial charge < -0.3 is 9.47 Å². The molecule has 0 aromatic carbocycles. The molecule has 5 heteroatoms. The van der Waals surface area contributed by atoms with Crippen LogP contribution in [0.25, 0.3) is 0 Å². The predicted octanol–water partition coefficient (Wildman–Crippen LogP) is 2.52. The van der Waals surface area contributed by atoms with E-state index in [4.69, 9.17) is 0 Å². The third-order valence-corrected chi connectivity index (χ3v) is 1.67. The van der Waals surface area contributed by atoms with E-state index in [-0.39, 0.29) is 19.6 Å². The van der Waals surface area contributed by atoms with Crippen molar-refractivity contribution in [2.75, 3.05) is 13.2 Å². The molecular weight excluding hydrogens is 206 g/mol. The van der Waals surface area contributed by atoms with Crippen LogP contribution in [0.4, 0.5) is 8.78 Å². The van der Waals surface area contributed by atoms with Crippen molar-refractivity contribution in [2.24, 2.45) is 0 Å². The number of allylic oxidation sites excluding steroid dienone is 1. The van der Waals surface area contributed by atoms with E-state index in [2.05, 4.69) is 16.1 Å². The quantitative estimate of drug-likeness (QED) is 0.490. The van der Waals surface area contributed by atoms with Crippen LogP contribution in [0, 0.1) is 0 Å². The minimum atomic E-state index is -3.18. The molecule has 0 spiro atoms. The van der Waals surface area contributed by atoms with E-state index in [1.54, 1.807) is 13.8 Å². The van der Waals surface area contributed by atoms with Crippen molar-refractivity contribution in [1.29, 1.82) is 0 Å². The molecule has 0 heterocycles. The van der Waals surface area contributed by atoms with Crippen molar-refractivity contribution < 1.29 is 23.0 Å². The molecule has 0 aliphatic rings. The third kappa shape index (κ3) is 5.34. The molecule has 0 saturated heterocycles. The summed E-state index contributed by atoms with van der Waals surface area (Å²) in [5, 5.41) is 0. The molecule has 88 valence electrons. The molecule has 0 aliphatic carbocycles. The fourth-order valence-corrected chi connectivity index (χ4v) is 0.911. The van der Waals surface area contributed by atoms with Crippen LogP contribution in [0.15, 0.2) is 12.3 Å². The zero-order valence-corrected chi connectivity index (χ0v) is 9.02. The molecule has 0 aromatic rings. The van der Waals surface area contributed by atoms with Gasteiger partial charge in [-0.25, -0.2) is 0 Å². The smallest absolute Gasteiger partial charge is 0.306 e. The topological polar surface area (TPSA) is 35.5 Å². The predicted molar refractivity (Wildman–Crippen MR) is 51.6 cm³/mol. The Bertz CT molecular complexity index is 227. The lowest BCUT2D eigenvalue weighted by Crippen LogP contribution is -2.22. The Hall–Kier alpha value is -1.13. The summed E-state index contributed by atoms with van der Waals surface area (Å²) in [6.07, 6.45) is -0.975. The number of esters is 1. The van der Waals surface area contributed by atoms with E-state index in [0.717, 1.165) is 0 Å². The van der Waals surface area contributed by atoms with Gasteiger partial charge in [0.1, 0.15) is 0 Å². The Kier molecular flexibility index (Phi) is 5.89. The van der Waals surface area contributed by atoms with E-state index in [1.165, 1.54) is 0 Å². The Morgan fingerprint density at radius 1 is 1.27 bits per heavy atom. The average Bonchev–Trinajstić information content (AvgIpc) is 2.16. The van der Waals surface area contributed by atoms with E-state index in [0.29, 0.717) is 0 Å². The van der Waals surface area contributed by atoms with Crippen molar-refractivity contribution in [3.63, 3.8) is 0 Å². The second kappa shape index (κ2) is 6.37. The molecule has 0 unspecified atom stereocenters. The SMILES string of the molecule is C=C(OCC)C(F)(F)CCC(=O)OCC. The molecule has 0 saturated carbocycles. The first-order chi connectivity index (χ1) is 6.94. The monoisotopic (exact) mass is 222 g/mol. The second-order valence-corrected chi connectivity index (χ2v) is 2.87. The van der Waals surface area contributed by atoms with Gasteiger partial charge in [-0.05, 0) is 13.8 Å². The first kappa shape index (κ1) is 13.9. The molecule has 0 amide bonds. The maximum atomic E-state index is 13.2. The highest BCUT2D eigenvalue weighted by atomic mass is 19.3. The van der Waals surface area contributed by atoms with Gasteiger partial charge in [-0.1, -0.05) is 6.58 Å². The first-order valence-corrected chi connectivity index (χ1v) is 4.79. The van der Waals surface area contributed by atoms with Crippen LogP contribution in [-0.2, 0) is 14.3 Å². The molecule has 0 aliphatic heterocycles. The van der Waals surface area contributed by atoms with E-state index < -0.39 is 24.1 Å². The van der Waals surface area contributed by atoms with Crippen LogP contribution in [0.2, 0.25) is 0 Å². The third-order valence-electron chi connectivity index (χ3n) is 1.67. The fraction of sp³-hybridized carbons (Fsp3) is 0.700. The van der Waals surface area contributed by atoms with Gasteiger partial charge in [0.05, 0.1) is 19.6 Å². The maximum Gasteiger partial charge on any atom is 0.306 e. The number of carbonyl (C=O) groups is 1. The van der Waals surface area contributed by atoms with Gasteiger partial charge in [0, 0.05) is 6.42 Å². The molecule has 15 heavy (non-hydrogen) atoms. The Morgan fingerprint density at radius 3 is 2.27 bits per heavy atom. The van der Waals surface area contributed by atoms with Crippen molar-refractivity contribution in [2.45, 2.75) is 32.6 Å². The summed E-state index contributed by atoms with van der Waals surface area (Å²) in [6.45, 7) is 6.65. The number of hydrogen-bond donors (Lipinski definition) is 0. The lowest BCUT2D eigenvalue weighted by atomic mass is 10.1. The van der Waals surface area contributed by atoms with Crippen LogP contribution in [-0.4, -0.2) is 25.1 Å². The summed E-state index contributed by atoms with van der Waals surface area (Å²) in [4.78, 5) is 10.8. The normalized spacial score (nSPS) is 10.9. The molecule has 0 N–H and O–H groups in total. The van der Waals surface area contributed by atoms with E-state index in [9.17, 15) is 13.6 Å². The summed E-state index contributed by atoms with van der Waals surface area (Å²) in [6, 6.07) is 0. The average molecular weight is 222 g/mol. The summed E-state index contributed by atoms with van der Waals surface area (Å²) in [7, 11) is 0. The van der Waals surface area contributed by atoms with Crippen LogP contribution in [0.5, 0.6) is 0 Å². The number of halogens is 2. The number of rotatable bonds is 7. The van der Waals surface area contributed by atoms with Gasteiger partial charge in [0.15, 0.2) is 5.76 Å². The van der Waals surface area contributed by atoms with Gasteiger partial charge >= 0.3 is 11.9 Å². The van der Waals surface area contributed by atoms with Crippen molar-refractivity contribution in [3.8, 4) is 0 Å². The van der Waals surface area contributed by atoms with Crippen LogP contribution in [0.1, 0.15) is 26.7 Å². The molecule has 0 radical (unpaired) electrons. The standard InChI is InChI=1S/C10H16F2O3/c1-4-14-8(3)10(11,12)7-6-9(13)15-5-2/h3-7H2,1-2H3. The molecule has 3 nitrogen and oxygen atoms in total. The van der Waals surface area contributed by atoms with Crippen molar-refractivity contribution in [3.05, 3.63) is 12.3 Å². The minimum Gasteiger partial charge on any atom is -0.492 e. The molecule has 0 aromatic heterocycles. The Morgan fingerprint density at radius 2 is 1.80 bits per heavy atom. The van der Waals surface area contributed by atoms with Crippen LogP contribution >= 0.6 is 0 Å². The summed E-state index contributed by atoms with van der Waals surface area (Å²) in [5.41, 5.74) is 0. The van der Waals surface area contributed by atoms with Gasteiger partial charge in [-0.2, -0.15) is 8.78 Å².